The number of thiazole rings is 1. The van der Waals surface area contributed by atoms with Gasteiger partial charge in [0.15, 0.2) is 5.13 Å². The van der Waals surface area contributed by atoms with E-state index in [-0.39, 0.29) is 29.1 Å². The van der Waals surface area contributed by atoms with Gasteiger partial charge < -0.3 is 4.74 Å². The number of amides is 3. The van der Waals surface area contributed by atoms with Crippen molar-refractivity contribution in [3.8, 4) is 5.75 Å². The minimum absolute atomic E-state index is 0.128. The second kappa shape index (κ2) is 7.48. The van der Waals surface area contributed by atoms with E-state index in [4.69, 9.17) is 4.74 Å². The third kappa shape index (κ3) is 3.38. The first-order chi connectivity index (χ1) is 14.0. The maximum Gasteiger partial charge on any atom is 0.261 e. The lowest BCUT2D eigenvalue weighted by Crippen LogP contribution is -2.29. The minimum atomic E-state index is -0.428. The standard InChI is InChI=1S/C21H17N3O4S/c1-3-9-24-19(26)14-7-5-12(10-15(14)20(24)27)18(25)23-21-22-16-8-6-13(28-4-2)11-17(16)29-21/h3,5-8,10-11H,1,4,9H2,2H3,(H,22,23,25). The summed E-state index contributed by atoms with van der Waals surface area (Å²) < 4.78 is 6.37. The second-order valence-corrected chi connectivity index (χ2v) is 7.34. The van der Waals surface area contributed by atoms with E-state index >= 15 is 0 Å². The number of anilines is 1. The molecule has 8 heteroatoms. The zero-order valence-corrected chi connectivity index (χ0v) is 16.4. The molecule has 1 aromatic heterocycles. The first-order valence-corrected chi connectivity index (χ1v) is 9.79. The third-order valence-electron chi connectivity index (χ3n) is 4.44. The summed E-state index contributed by atoms with van der Waals surface area (Å²) in [5.74, 6) is -0.470. The Morgan fingerprint density at radius 1 is 1.21 bits per heavy atom. The summed E-state index contributed by atoms with van der Waals surface area (Å²) in [4.78, 5) is 42.9. The lowest BCUT2D eigenvalue weighted by atomic mass is 10.1. The first-order valence-electron chi connectivity index (χ1n) is 8.97. The highest BCUT2D eigenvalue weighted by molar-refractivity contribution is 7.22. The van der Waals surface area contributed by atoms with Gasteiger partial charge in [0.05, 0.1) is 28.0 Å². The van der Waals surface area contributed by atoms with Gasteiger partial charge in [0.25, 0.3) is 17.7 Å². The number of rotatable bonds is 6. The van der Waals surface area contributed by atoms with E-state index in [1.165, 1.54) is 35.6 Å². The molecule has 0 aliphatic carbocycles. The summed E-state index contributed by atoms with van der Waals surface area (Å²) in [5.41, 5.74) is 1.54. The van der Waals surface area contributed by atoms with Crippen LogP contribution in [-0.2, 0) is 0 Å². The van der Waals surface area contributed by atoms with Gasteiger partial charge in [-0.1, -0.05) is 17.4 Å². The molecule has 0 spiro atoms. The zero-order valence-electron chi connectivity index (χ0n) is 15.6. The Morgan fingerprint density at radius 2 is 2.00 bits per heavy atom. The van der Waals surface area contributed by atoms with E-state index < -0.39 is 11.8 Å². The van der Waals surface area contributed by atoms with Gasteiger partial charge in [-0.15, -0.1) is 6.58 Å². The topological polar surface area (TPSA) is 88.6 Å². The normalized spacial score (nSPS) is 12.9. The van der Waals surface area contributed by atoms with Crippen molar-refractivity contribution in [2.75, 3.05) is 18.5 Å². The Kier molecular flexibility index (Phi) is 4.85. The van der Waals surface area contributed by atoms with Crippen molar-refractivity contribution in [2.45, 2.75) is 6.92 Å². The highest BCUT2D eigenvalue weighted by Gasteiger charge is 2.35. The van der Waals surface area contributed by atoms with Crippen molar-refractivity contribution < 1.29 is 19.1 Å². The third-order valence-corrected chi connectivity index (χ3v) is 5.37. The largest absolute Gasteiger partial charge is 0.494 e. The molecular formula is C21H17N3O4S. The van der Waals surface area contributed by atoms with Crippen LogP contribution in [0.1, 0.15) is 38.0 Å². The van der Waals surface area contributed by atoms with Gasteiger partial charge >= 0.3 is 0 Å². The van der Waals surface area contributed by atoms with Crippen molar-refractivity contribution in [1.82, 2.24) is 9.88 Å². The van der Waals surface area contributed by atoms with E-state index in [0.717, 1.165) is 20.9 Å². The molecule has 4 rings (SSSR count). The van der Waals surface area contributed by atoms with Crippen LogP contribution in [0.2, 0.25) is 0 Å². The number of nitrogens with zero attached hydrogens (tertiary/aromatic N) is 2. The van der Waals surface area contributed by atoms with Crippen LogP contribution in [-0.4, -0.2) is 40.8 Å². The van der Waals surface area contributed by atoms with E-state index in [0.29, 0.717) is 11.7 Å². The molecule has 0 bridgehead atoms. The number of nitrogens with one attached hydrogen (secondary N) is 1. The molecule has 2 heterocycles. The second-order valence-electron chi connectivity index (χ2n) is 6.31. The van der Waals surface area contributed by atoms with Gasteiger partial charge in [-0.25, -0.2) is 4.98 Å². The number of ether oxygens (including phenoxy) is 1. The summed E-state index contributed by atoms with van der Waals surface area (Å²) >= 11 is 1.33. The smallest absolute Gasteiger partial charge is 0.261 e. The Labute approximate surface area is 170 Å². The summed E-state index contributed by atoms with van der Waals surface area (Å²) in [6.45, 7) is 6.16. The molecule has 1 aliphatic heterocycles. The molecule has 0 unspecified atom stereocenters. The van der Waals surface area contributed by atoms with Gasteiger partial charge in [0, 0.05) is 12.1 Å². The number of benzene rings is 2. The van der Waals surface area contributed by atoms with Crippen LogP contribution in [0.3, 0.4) is 0 Å². The van der Waals surface area contributed by atoms with Gasteiger partial charge in [0.1, 0.15) is 5.75 Å². The number of aromatic nitrogens is 1. The molecule has 0 radical (unpaired) electrons. The molecule has 1 N–H and O–H groups in total. The van der Waals surface area contributed by atoms with Crippen LogP contribution in [0.4, 0.5) is 5.13 Å². The average Bonchev–Trinajstić information content (AvgIpc) is 3.21. The molecule has 29 heavy (non-hydrogen) atoms. The van der Waals surface area contributed by atoms with E-state index in [9.17, 15) is 14.4 Å². The fourth-order valence-corrected chi connectivity index (χ4v) is 4.00. The van der Waals surface area contributed by atoms with Gasteiger partial charge in [-0.05, 0) is 43.3 Å². The van der Waals surface area contributed by atoms with Crippen molar-refractivity contribution in [3.05, 3.63) is 65.7 Å². The monoisotopic (exact) mass is 407 g/mol. The van der Waals surface area contributed by atoms with Gasteiger partial charge in [0.2, 0.25) is 0 Å². The molecule has 0 saturated carbocycles. The van der Waals surface area contributed by atoms with Crippen LogP contribution in [0, 0.1) is 0 Å². The maximum atomic E-state index is 12.7. The Balaban J connectivity index is 1.57. The van der Waals surface area contributed by atoms with Crippen molar-refractivity contribution >= 4 is 44.4 Å². The molecule has 0 atom stereocenters. The summed E-state index contributed by atoms with van der Waals surface area (Å²) in [6.07, 6.45) is 1.49. The predicted octanol–water partition coefficient (Wildman–Crippen LogP) is 3.73. The van der Waals surface area contributed by atoms with Gasteiger partial charge in [-0.2, -0.15) is 0 Å². The number of carbonyl (C=O) groups excluding carboxylic acids is 3. The summed E-state index contributed by atoms with van der Waals surface area (Å²) in [5, 5.41) is 3.19. The fourth-order valence-electron chi connectivity index (χ4n) is 3.11. The molecule has 0 fully saturated rings. The average molecular weight is 407 g/mol. The van der Waals surface area contributed by atoms with Crippen molar-refractivity contribution in [1.29, 1.82) is 0 Å². The summed E-state index contributed by atoms with van der Waals surface area (Å²) in [7, 11) is 0. The molecule has 146 valence electrons. The van der Waals surface area contributed by atoms with E-state index in [1.54, 1.807) is 0 Å². The number of hydrogen-bond acceptors (Lipinski definition) is 6. The van der Waals surface area contributed by atoms with Crippen molar-refractivity contribution in [3.63, 3.8) is 0 Å². The molecule has 2 aromatic carbocycles. The van der Waals surface area contributed by atoms with E-state index in [1.807, 2.05) is 25.1 Å². The zero-order chi connectivity index (χ0) is 20.5. The quantitative estimate of drug-likeness (QED) is 0.497. The maximum absolute atomic E-state index is 12.7. The molecule has 0 saturated heterocycles. The van der Waals surface area contributed by atoms with Crippen LogP contribution in [0.15, 0.2) is 49.1 Å². The first kappa shape index (κ1) is 18.8. The highest BCUT2D eigenvalue weighted by Crippen LogP contribution is 2.30. The molecule has 1 aliphatic rings. The SMILES string of the molecule is C=CCN1C(=O)c2ccc(C(=O)Nc3nc4ccc(OCC)cc4s3)cc2C1=O. The molecular weight excluding hydrogens is 390 g/mol. The predicted molar refractivity (Wildman–Crippen MR) is 111 cm³/mol. The lowest BCUT2D eigenvalue weighted by molar-refractivity contribution is 0.0672. The Bertz CT molecular complexity index is 1170. The number of fused-ring (bicyclic) bond motifs is 2. The summed E-state index contributed by atoms with van der Waals surface area (Å²) in [6, 6.07) is 10.0. The molecule has 3 aromatic rings. The number of carbonyl (C=O) groups is 3. The van der Waals surface area contributed by atoms with Gasteiger partial charge in [-0.3, -0.25) is 24.6 Å². The lowest BCUT2D eigenvalue weighted by Gasteiger charge is -2.09. The Morgan fingerprint density at radius 3 is 2.76 bits per heavy atom. The van der Waals surface area contributed by atoms with Crippen LogP contribution >= 0.6 is 11.3 Å². The van der Waals surface area contributed by atoms with Crippen LogP contribution < -0.4 is 10.1 Å². The van der Waals surface area contributed by atoms with E-state index in [2.05, 4.69) is 16.9 Å². The molecule has 7 nitrogen and oxygen atoms in total. The molecule has 3 amide bonds. The van der Waals surface area contributed by atoms with Crippen LogP contribution in [0.5, 0.6) is 5.75 Å². The van der Waals surface area contributed by atoms with Crippen molar-refractivity contribution in [2.24, 2.45) is 0 Å². The fraction of sp³-hybridized carbons (Fsp3) is 0.143. The Hall–Kier alpha value is -3.52. The number of hydrogen-bond donors (Lipinski definition) is 1. The van der Waals surface area contributed by atoms with Crippen LogP contribution in [0.25, 0.3) is 10.2 Å². The highest BCUT2D eigenvalue weighted by atomic mass is 32.1. The minimum Gasteiger partial charge on any atom is -0.494 e. The number of imide groups is 1.